The summed E-state index contributed by atoms with van der Waals surface area (Å²) in [5, 5.41) is 5.96. The lowest BCUT2D eigenvalue weighted by Gasteiger charge is -2.12. The smallest absolute Gasteiger partial charge is 0.267 e. The minimum Gasteiger partial charge on any atom is -0.490 e. The summed E-state index contributed by atoms with van der Waals surface area (Å²) < 4.78 is 11.3. The maximum Gasteiger partial charge on any atom is 0.267 e. The molecular weight excluding hydrogens is 418 g/mol. The molecule has 1 aliphatic rings. The molecule has 8 nitrogen and oxygen atoms in total. The van der Waals surface area contributed by atoms with Crippen molar-refractivity contribution in [2.75, 3.05) is 24.3 Å². The summed E-state index contributed by atoms with van der Waals surface area (Å²) in [5.41, 5.74) is 4.17. The summed E-state index contributed by atoms with van der Waals surface area (Å²) in [4.78, 5) is 22.9. The van der Waals surface area contributed by atoms with Crippen molar-refractivity contribution in [1.82, 2.24) is 14.9 Å². The van der Waals surface area contributed by atoms with E-state index in [0.717, 1.165) is 31.7 Å². The van der Waals surface area contributed by atoms with Gasteiger partial charge in [0.2, 0.25) is 11.9 Å². The summed E-state index contributed by atoms with van der Waals surface area (Å²) in [6.45, 7) is 8.70. The summed E-state index contributed by atoms with van der Waals surface area (Å²) in [6, 6.07) is 13.3. The van der Waals surface area contributed by atoms with E-state index in [1.165, 1.54) is 24.3 Å². The molecule has 2 N–H and O–H groups in total. The summed E-state index contributed by atoms with van der Waals surface area (Å²) >= 11 is 0. The van der Waals surface area contributed by atoms with Gasteiger partial charge >= 0.3 is 0 Å². The summed E-state index contributed by atoms with van der Waals surface area (Å²) in [7, 11) is 1.53. The van der Waals surface area contributed by atoms with Crippen LogP contribution < -0.4 is 20.1 Å². The second kappa shape index (κ2) is 10.1. The van der Waals surface area contributed by atoms with Crippen LogP contribution >= 0.6 is 0 Å². The van der Waals surface area contributed by atoms with Crippen molar-refractivity contribution >= 4 is 23.2 Å². The Bertz CT molecular complexity index is 1160. The van der Waals surface area contributed by atoms with Crippen molar-refractivity contribution in [1.29, 1.82) is 0 Å². The number of aromatic nitrogens is 2. The standard InChI is InChI=1S/C25H27N5O3/c1-4-11-30-15-17-9-10-20(12-18(17)16-30)28-25-26-14-22(32-3)24(29-25)33-21-8-6-7-19(13-21)27-23(31)5-2/h5-10,12-14H,2,4,11,15-16H2,1,3H3,(H,27,31)(H,26,28,29). The first-order chi connectivity index (χ1) is 16.1. The quantitative estimate of drug-likeness (QED) is 0.454. The van der Waals surface area contributed by atoms with Crippen LogP contribution in [0.1, 0.15) is 24.5 Å². The molecule has 2 heterocycles. The fourth-order valence-corrected chi connectivity index (χ4v) is 3.72. The Morgan fingerprint density at radius 3 is 2.82 bits per heavy atom. The lowest BCUT2D eigenvalue weighted by molar-refractivity contribution is -0.111. The number of nitrogens with one attached hydrogen (secondary N) is 2. The third kappa shape index (κ3) is 5.48. The van der Waals surface area contributed by atoms with Gasteiger partial charge < -0.3 is 20.1 Å². The number of anilines is 3. The Hall–Kier alpha value is -3.91. The molecule has 170 valence electrons. The van der Waals surface area contributed by atoms with E-state index in [1.807, 2.05) is 6.07 Å². The fourth-order valence-electron chi connectivity index (χ4n) is 3.72. The van der Waals surface area contributed by atoms with Crippen LogP contribution in [-0.2, 0) is 17.9 Å². The molecule has 8 heteroatoms. The van der Waals surface area contributed by atoms with Gasteiger partial charge in [0.25, 0.3) is 5.88 Å². The van der Waals surface area contributed by atoms with Crippen molar-refractivity contribution in [2.45, 2.75) is 26.4 Å². The van der Waals surface area contributed by atoms with E-state index in [4.69, 9.17) is 9.47 Å². The first-order valence-corrected chi connectivity index (χ1v) is 10.8. The molecule has 0 fully saturated rings. The molecule has 0 radical (unpaired) electrons. The highest BCUT2D eigenvalue weighted by molar-refractivity contribution is 5.98. The van der Waals surface area contributed by atoms with Crippen molar-refractivity contribution in [3.8, 4) is 17.4 Å². The average Bonchev–Trinajstić information content (AvgIpc) is 3.21. The van der Waals surface area contributed by atoms with Gasteiger partial charge in [0.05, 0.1) is 13.3 Å². The molecule has 4 rings (SSSR count). The molecule has 33 heavy (non-hydrogen) atoms. The largest absolute Gasteiger partial charge is 0.490 e. The van der Waals surface area contributed by atoms with Crippen LogP contribution in [-0.4, -0.2) is 34.4 Å². The van der Waals surface area contributed by atoms with Gasteiger partial charge in [-0.05, 0) is 54.4 Å². The van der Waals surface area contributed by atoms with Gasteiger partial charge in [-0.1, -0.05) is 25.6 Å². The number of hydrogen-bond acceptors (Lipinski definition) is 7. The van der Waals surface area contributed by atoms with E-state index in [9.17, 15) is 4.79 Å². The third-order valence-electron chi connectivity index (χ3n) is 5.23. The number of benzene rings is 2. The van der Waals surface area contributed by atoms with Crippen LogP contribution in [0.2, 0.25) is 0 Å². The van der Waals surface area contributed by atoms with E-state index in [1.54, 1.807) is 30.5 Å². The first-order valence-electron chi connectivity index (χ1n) is 10.8. The molecule has 0 unspecified atom stereocenters. The molecule has 0 spiro atoms. The van der Waals surface area contributed by atoms with Crippen LogP contribution in [0.5, 0.6) is 17.4 Å². The number of methoxy groups -OCH3 is 1. The molecule has 0 atom stereocenters. The van der Waals surface area contributed by atoms with Gasteiger partial charge in [0.1, 0.15) is 5.75 Å². The molecule has 0 bridgehead atoms. The van der Waals surface area contributed by atoms with Gasteiger partial charge in [-0.2, -0.15) is 4.98 Å². The van der Waals surface area contributed by atoms with E-state index in [0.29, 0.717) is 23.1 Å². The fraction of sp³-hybridized carbons (Fsp3) is 0.240. The van der Waals surface area contributed by atoms with Gasteiger partial charge in [0.15, 0.2) is 5.75 Å². The van der Waals surface area contributed by atoms with E-state index in [-0.39, 0.29) is 11.8 Å². The normalized spacial score (nSPS) is 12.7. The van der Waals surface area contributed by atoms with E-state index < -0.39 is 0 Å². The third-order valence-corrected chi connectivity index (χ3v) is 5.23. The lowest BCUT2D eigenvalue weighted by Crippen LogP contribution is -2.16. The number of hydrogen-bond donors (Lipinski definition) is 2. The topological polar surface area (TPSA) is 88.6 Å². The van der Waals surface area contributed by atoms with Crippen molar-refractivity contribution in [3.63, 3.8) is 0 Å². The molecule has 1 amide bonds. The van der Waals surface area contributed by atoms with E-state index in [2.05, 4.69) is 51.1 Å². The first kappa shape index (κ1) is 22.3. The predicted octanol–water partition coefficient (Wildman–Crippen LogP) is 4.87. The number of nitrogens with zero attached hydrogens (tertiary/aromatic N) is 3. The Labute approximate surface area is 193 Å². The molecule has 2 aromatic carbocycles. The van der Waals surface area contributed by atoms with Gasteiger partial charge in [-0.25, -0.2) is 4.98 Å². The van der Waals surface area contributed by atoms with Crippen LogP contribution in [0.4, 0.5) is 17.3 Å². The molecular formula is C25H27N5O3. The molecule has 1 aliphatic heterocycles. The maximum absolute atomic E-state index is 11.6. The number of carbonyl (C=O) groups is 1. The highest BCUT2D eigenvalue weighted by atomic mass is 16.5. The Kier molecular flexibility index (Phi) is 6.85. The van der Waals surface area contributed by atoms with Crippen LogP contribution in [0, 0.1) is 0 Å². The lowest BCUT2D eigenvalue weighted by atomic mass is 10.1. The number of fused-ring (bicyclic) bond motifs is 1. The maximum atomic E-state index is 11.6. The van der Waals surface area contributed by atoms with E-state index >= 15 is 0 Å². The number of ether oxygens (including phenoxy) is 2. The highest BCUT2D eigenvalue weighted by Crippen LogP contribution is 2.32. The van der Waals surface area contributed by atoms with Crippen molar-refractivity contribution in [2.24, 2.45) is 0 Å². The summed E-state index contributed by atoms with van der Waals surface area (Å²) in [6.07, 6.45) is 3.91. The second-order valence-corrected chi connectivity index (χ2v) is 7.71. The zero-order chi connectivity index (χ0) is 23.2. The second-order valence-electron chi connectivity index (χ2n) is 7.71. The average molecular weight is 446 g/mol. The van der Waals surface area contributed by atoms with Gasteiger partial charge in [-0.3, -0.25) is 9.69 Å². The van der Waals surface area contributed by atoms with Crippen molar-refractivity contribution in [3.05, 3.63) is 72.4 Å². The van der Waals surface area contributed by atoms with Gasteiger partial charge in [0, 0.05) is 30.5 Å². The Morgan fingerprint density at radius 2 is 2.03 bits per heavy atom. The van der Waals surface area contributed by atoms with Gasteiger partial charge in [-0.15, -0.1) is 0 Å². The molecule has 0 aliphatic carbocycles. The molecule has 0 saturated carbocycles. The van der Waals surface area contributed by atoms with Crippen LogP contribution in [0.25, 0.3) is 0 Å². The number of carbonyl (C=O) groups excluding carboxylic acids is 1. The minimum atomic E-state index is -0.301. The monoisotopic (exact) mass is 445 g/mol. The SMILES string of the molecule is C=CC(=O)Nc1cccc(Oc2nc(Nc3ccc4c(c3)CN(CCC)C4)ncc2OC)c1. The Balaban J connectivity index is 1.51. The molecule has 1 aromatic heterocycles. The molecule has 3 aromatic rings. The summed E-state index contributed by atoms with van der Waals surface area (Å²) in [5.74, 6) is 1.24. The zero-order valence-electron chi connectivity index (χ0n) is 18.8. The van der Waals surface area contributed by atoms with Crippen LogP contribution in [0.15, 0.2) is 61.3 Å². The van der Waals surface area contributed by atoms with Crippen LogP contribution in [0.3, 0.4) is 0 Å². The highest BCUT2D eigenvalue weighted by Gasteiger charge is 2.18. The predicted molar refractivity (Wildman–Crippen MR) is 128 cm³/mol. The molecule has 0 saturated heterocycles. The Morgan fingerprint density at radius 1 is 1.18 bits per heavy atom. The number of amides is 1. The van der Waals surface area contributed by atoms with Crippen molar-refractivity contribution < 1.29 is 14.3 Å². The number of rotatable bonds is 9. The zero-order valence-corrected chi connectivity index (χ0v) is 18.8. The minimum absolute atomic E-state index is 0.262.